The zero-order valence-corrected chi connectivity index (χ0v) is 17.9. The van der Waals surface area contributed by atoms with Gasteiger partial charge in [0, 0.05) is 55.2 Å². The van der Waals surface area contributed by atoms with Gasteiger partial charge in [0.2, 0.25) is 5.91 Å². The SMILES string of the molecule is Cc1cn2nc([C@@H]3CCCCN3C(=O)C3CCSC3)cc2nc1N1CC[C@H](N)C1. The summed E-state index contributed by atoms with van der Waals surface area (Å²) in [5, 5.41) is 4.85. The number of carbonyl (C=O) groups excluding carboxylic acids is 1. The summed E-state index contributed by atoms with van der Waals surface area (Å²) >= 11 is 1.90. The number of aromatic nitrogens is 3. The fourth-order valence-corrected chi connectivity index (χ4v) is 6.16. The van der Waals surface area contributed by atoms with Gasteiger partial charge in [0.25, 0.3) is 0 Å². The Kier molecular flexibility index (Phi) is 5.16. The first-order chi connectivity index (χ1) is 14.1. The molecule has 8 heteroatoms. The van der Waals surface area contributed by atoms with E-state index in [0.717, 1.165) is 86.0 Å². The molecule has 3 aliphatic rings. The van der Waals surface area contributed by atoms with E-state index in [0.29, 0.717) is 5.91 Å². The quantitative estimate of drug-likeness (QED) is 0.831. The molecule has 1 amide bonds. The number of aryl methyl sites for hydroxylation is 1. The molecule has 5 rings (SSSR count). The maximum atomic E-state index is 13.2. The highest BCUT2D eigenvalue weighted by Crippen LogP contribution is 2.35. The smallest absolute Gasteiger partial charge is 0.227 e. The zero-order valence-electron chi connectivity index (χ0n) is 17.1. The molecule has 0 bridgehead atoms. The number of fused-ring (bicyclic) bond motifs is 1. The van der Waals surface area contributed by atoms with Crippen LogP contribution in [0.3, 0.4) is 0 Å². The summed E-state index contributed by atoms with van der Waals surface area (Å²) in [7, 11) is 0. The number of thioether (sulfide) groups is 1. The molecule has 0 aromatic carbocycles. The number of rotatable bonds is 3. The van der Waals surface area contributed by atoms with Crippen molar-refractivity contribution in [2.75, 3.05) is 36.0 Å². The van der Waals surface area contributed by atoms with Crippen LogP contribution in [0.1, 0.15) is 49.4 Å². The molecule has 29 heavy (non-hydrogen) atoms. The van der Waals surface area contributed by atoms with Crippen LogP contribution in [0.5, 0.6) is 0 Å². The van der Waals surface area contributed by atoms with E-state index in [1.165, 1.54) is 0 Å². The van der Waals surface area contributed by atoms with Crippen molar-refractivity contribution in [1.82, 2.24) is 19.5 Å². The lowest BCUT2D eigenvalue weighted by Crippen LogP contribution is -2.42. The van der Waals surface area contributed by atoms with Gasteiger partial charge in [-0.15, -0.1) is 0 Å². The van der Waals surface area contributed by atoms with Crippen molar-refractivity contribution >= 4 is 29.1 Å². The van der Waals surface area contributed by atoms with E-state index in [-0.39, 0.29) is 18.0 Å². The van der Waals surface area contributed by atoms with Gasteiger partial charge in [-0.3, -0.25) is 4.79 Å². The molecule has 7 nitrogen and oxygen atoms in total. The maximum Gasteiger partial charge on any atom is 0.227 e. The molecule has 3 fully saturated rings. The van der Waals surface area contributed by atoms with Crippen LogP contribution in [0.2, 0.25) is 0 Å². The minimum Gasteiger partial charge on any atom is -0.355 e. The summed E-state index contributed by atoms with van der Waals surface area (Å²) in [5.74, 6) is 3.60. The van der Waals surface area contributed by atoms with Gasteiger partial charge in [0.15, 0.2) is 5.65 Å². The Morgan fingerprint density at radius 1 is 1.24 bits per heavy atom. The van der Waals surface area contributed by atoms with Gasteiger partial charge in [-0.1, -0.05) is 0 Å². The van der Waals surface area contributed by atoms with Crippen molar-refractivity contribution in [3.05, 3.63) is 23.5 Å². The number of nitrogens with two attached hydrogens (primary N) is 1. The van der Waals surface area contributed by atoms with Gasteiger partial charge >= 0.3 is 0 Å². The van der Waals surface area contributed by atoms with Crippen LogP contribution in [0.15, 0.2) is 12.3 Å². The minimum absolute atomic E-state index is 0.0764. The Balaban J connectivity index is 1.44. The highest BCUT2D eigenvalue weighted by molar-refractivity contribution is 7.99. The molecule has 3 atom stereocenters. The molecular weight excluding hydrogens is 384 g/mol. The Morgan fingerprint density at radius 2 is 2.14 bits per heavy atom. The van der Waals surface area contributed by atoms with Crippen LogP contribution in [0, 0.1) is 12.8 Å². The topological polar surface area (TPSA) is 79.8 Å². The van der Waals surface area contributed by atoms with Crippen molar-refractivity contribution in [3.63, 3.8) is 0 Å². The molecule has 3 aliphatic heterocycles. The lowest BCUT2D eigenvalue weighted by atomic mass is 9.96. The average molecular weight is 415 g/mol. The lowest BCUT2D eigenvalue weighted by molar-refractivity contribution is -0.138. The summed E-state index contributed by atoms with van der Waals surface area (Å²) < 4.78 is 1.88. The first-order valence-corrected chi connectivity index (χ1v) is 12.0. The molecule has 156 valence electrons. The van der Waals surface area contributed by atoms with Crippen molar-refractivity contribution < 1.29 is 4.79 Å². The van der Waals surface area contributed by atoms with E-state index in [1.54, 1.807) is 0 Å². The van der Waals surface area contributed by atoms with Crippen molar-refractivity contribution in [2.45, 2.75) is 51.1 Å². The first-order valence-electron chi connectivity index (χ1n) is 10.9. The maximum absolute atomic E-state index is 13.2. The van der Waals surface area contributed by atoms with Crippen LogP contribution in [-0.2, 0) is 4.79 Å². The van der Waals surface area contributed by atoms with Crippen molar-refractivity contribution in [1.29, 1.82) is 0 Å². The number of likely N-dealkylation sites (tertiary alicyclic amines) is 1. The summed E-state index contributed by atoms with van der Waals surface area (Å²) in [5.41, 5.74) is 9.04. The summed E-state index contributed by atoms with van der Waals surface area (Å²) in [6.45, 7) is 4.74. The third-order valence-corrected chi connectivity index (χ3v) is 7.72. The number of carbonyl (C=O) groups is 1. The number of amides is 1. The second kappa shape index (κ2) is 7.80. The highest BCUT2D eigenvalue weighted by atomic mass is 32.2. The third kappa shape index (κ3) is 3.61. The number of nitrogens with zero attached hydrogens (tertiary/aromatic N) is 5. The zero-order chi connectivity index (χ0) is 20.0. The van der Waals surface area contributed by atoms with Gasteiger partial charge in [-0.25, -0.2) is 9.50 Å². The molecule has 2 N–H and O–H groups in total. The second-order valence-electron chi connectivity index (χ2n) is 8.72. The number of anilines is 1. The Morgan fingerprint density at radius 3 is 2.90 bits per heavy atom. The van der Waals surface area contributed by atoms with Gasteiger partial charge in [-0.05, 0) is 44.8 Å². The van der Waals surface area contributed by atoms with Gasteiger partial charge in [-0.2, -0.15) is 16.9 Å². The minimum atomic E-state index is 0.0764. The van der Waals surface area contributed by atoms with Crippen LogP contribution in [0.25, 0.3) is 5.65 Å². The molecule has 3 saturated heterocycles. The molecule has 2 aromatic rings. The molecule has 0 radical (unpaired) electrons. The molecular formula is C21H30N6OS. The van der Waals surface area contributed by atoms with Gasteiger partial charge in [0.1, 0.15) is 5.82 Å². The fraction of sp³-hybridized carbons (Fsp3) is 0.667. The normalized spacial score (nSPS) is 27.9. The number of piperidine rings is 1. The van der Waals surface area contributed by atoms with E-state index < -0.39 is 0 Å². The lowest BCUT2D eigenvalue weighted by Gasteiger charge is -2.36. The molecule has 0 saturated carbocycles. The standard InChI is InChI=1S/C21H30N6OS/c1-14-11-27-19(23-20(14)25-8-5-16(22)12-25)10-17(24-27)18-4-2-3-7-26(18)21(28)15-6-9-29-13-15/h10-11,15-16,18H,2-9,12-13,22H2,1H3/t15?,16-,18-/m0/s1. The van der Waals surface area contributed by atoms with Gasteiger partial charge < -0.3 is 15.5 Å². The van der Waals surface area contributed by atoms with Crippen molar-refractivity contribution in [2.24, 2.45) is 11.7 Å². The summed E-state index contributed by atoms with van der Waals surface area (Å²) in [6.07, 6.45) is 7.31. The number of hydrogen-bond donors (Lipinski definition) is 1. The Bertz CT molecular complexity index is 908. The van der Waals surface area contributed by atoms with Crippen LogP contribution < -0.4 is 10.6 Å². The second-order valence-corrected chi connectivity index (χ2v) is 9.87. The Hall–Kier alpha value is -1.80. The molecule has 0 aliphatic carbocycles. The fourth-order valence-electron chi connectivity index (χ4n) is 4.95. The number of hydrogen-bond acceptors (Lipinski definition) is 6. The average Bonchev–Trinajstić information content (AvgIpc) is 3.47. The Labute approximate surface area is 176 Å². The van der Waals surface area contributed by atoms with Gasteiger partial charge in [0.05, 0.1) is 11.7 Å². The summed E-state index contributed by atoms with van der Waals surface area (Å²) in [6, 6.07) is 2.38. The van der Waals surface area contributed by atoms with E-state index >= 15 is 0 Å². The van der Waals surface area contributed by atoms with E-state index in [2.05, 4.69) is 29.0 Å². The predicted molar refractivity (Wildman–Crippen MR) is 116 cm³/mol. The van der Waals surface area contributed by atoms with E-state index in [1.807, 2.05) is 16.3 Å². The monoisotopic (exact) mass is 414 g/mol. The third-order valence-electron chi connectivity index (χ3n) is 6.55. The highest BCUT2D eigenvalue weighted by Gasteiger charge is 2.35. The predicted octanol–water partition coefficient (Wildman–Crippen LogP) is 2.38. The van der Waals surface area contributed by atoms with Crippen LogP contribution in [0.4, 0.5) is 5.82 Å². The van der Waals surface area contributed by atoms with E-state index in [4.69, 9.17) is 15.8 Å². The summed E-state index contributed by atoms with van der Waals surface area (Å²) in [4.78, 5) is 22.5. The molecule has 5 heterocycles. The largest absolute Gasteiger partial charge is 0.355 e. The molecule has 0 spiro atoms. The van der Waals surface area contributed by atoms with E-state index in [9.17, 15) is 4.79 Å². The van der Waals surface area contributed by atoms with Crippen molar-refractivity contribution in [3.8, 4) is 0 Å². The molecule has 2 aromatic heterocycles. The van der Waals surface area contributed by atoms with Crippen LogP contribution >= 0.6 is 11.8 Å². The van der Waals surface area contributed by atoms with Crippen LogP contribution in [-0.4, -0.2) is 62.6 Å². The molecule has 1 unspecified atom stereocenters. The first kappa shape index (κ1) is 19.2.